The lowest BCUT2D eigenvalue weighted by Gasteiger charge is -2.27. The maximum absolute atomic E-state index is 11.0. The molecule has 0 bridgehead atoms. The molecular weight excluding hydrogens is 208 g/mol. The fourth-order valence-electron chi connectivity index (χ4n) is 1.95. The summed E-state index contributed by atoms with van der Waals surface area (Å²) in [5.41, 5.74) is 7.03. The third-order valence-electron chi connectivity index (χ3n) is 2.81. The van der Waals surface area contributed by atoms with Gasteiger partial charge in [0.25, 0.3) is 0 Å². The number of nitrogens with two attached hydrogens (primary N) is 1. The summed E-state index contributed by atoms with van der Waals surface area (Å²) >= 11 is 0. The minimum atomic E-state index is -1.03. The summed E-state index contributed by atoms with van der Waals surface area (Å²) in [6.07, 6.45) is 0.672. The molecule has 0 amide bonds. The molecule has 86 valence electrons. The molecule has 1 aliphatic heterocycles. The summed E-state index contributed by atoms with van der Waals surface area (Å²) in [4.78, 5) is 21.1. The van der Waals surface area contributed by atoms with Gasteiger partial charge < -0.3 is 10.8 Å². The van der Waals surface area contributed by atoms with Crippen molar-refractivity contribution in [3.8, 4) is 0 Å². The zero-order valence-electron chi connectivity index (χ0n) is 9.10. The van der Waals surface area contributed by atoms with Crippen molar-refractivity contribution in [3.05, 3.63) is 17.0 Å². The van der Waals surface area contributed by atoms with Crippen LogP contribution in [0.5, 0.6) is 0 Å². The molecule has 2 rings (SSSR count). The van der Waals surface area contributed by atoms with Gasteiger partial charge in [0.1, 0.15) is 0 Å². The van der Waals surface area contributed by atoms with Crippen LogP contribution >= 0.6 is 0 Å². The van der Waals surface area contributed by atoms with Crippen molar-refractivity contribution < 1.29 is 9.90 Å². The number of carbonyl (C=O) groups is 1. The van der Waals surface area contributed by atoms with Crippen molar-refractivity contribution in [2.75, 3.05) is 18.8 Å². The Morgan fingerprint density at radius 1 is 1.56 bits per heavy atom. The van der Waals surface area contributed by atoms with Crippen molar-refractivity contribution in [2.24, 2.45) is 0 Å². The average Bonchev–Trinajstić information content (AvgIpc) is 2.26. The molecule has 3 N–H and O–H groups in total. The Morgan fingerprint density at radius 2 is 2.31 bits per heavy atom. The number of aromatic nitrogens is 2. The number of hydrogen-bond acceptors (Lipinski definition) is 5. The molecule has 1 aromatic heterocycles. The smallest absolute Gasteiger partial charge is 0.354 e. The predicted octanol–water partition coefficient (Wildman–Crippen LogP) is 0.135. The minimum Gasteiger partial charge on any atom is -0.476 e. The Bertz CT molecular complexity index is 433. The molecule has 0 radical (unpaired) electrons. The van der Waals surface area contributed by atoms with E-state index in [-0.39, 0.29) is 11.6 Å². The summed E-state index contributed by atoms with van der Waals surface area (Å²) in [5, 5.41) is 9.03. The summed E-state index contributed by atoms with van der Waals surface area (Å²) < 4.78 is 0. The van der Waals surface area contributed by atoms with E-state index in [1.807, 2.05) is 0 Å². The largest absolute Gasteiger partial charge is 0.476 e. The van der Waals surface area contributed by atoms with Crippen LogP contribution in [0.3, 0.4) is 0 Å². The molecule has 0 atom stereocenters. The van der Waals surface area contributed by atoms with Crippen LogP contribution in [0.25, 0.3) is 0 Å². The summed E-state index contributed by atoms with van der Waals surface area (Å²) in [7, 11) is 0. The van der Waals surface area contributed by atoms with Gasteiger partial charge in [0, 0.05) is 18.7 Å². The van der Waals surface area contributed by atoms with E-state index in [2.05, 4.69) is 21.8 Å². The number of nitrogen functional groups attached to an aromatic ring is 1. The number of aromatic carboxylic acids is 1. The third-order valence-corrected chi connectivity index (χ3v) is 2.81. The Hall–Kier alpha value is -1.69. The van der Waals surface area contributed by atoms with E-state index < -0.39 is 5.97 Å². The number of nitrogens with zero attached hydrogens (tertiary/aromatic N) is 3. The topological polar surface area (TPSA) is 92.3 Å². The lowest BCUT2D eigenvalue weighted by atomic mass is 10.0. The van der Waals surface area contributed by atoms with Gasteiger partial charge in [-0.15, -0.1) is 0 Å². The molecule has 0 saturated carbocycles. The van der Waals surface area contributed by atoms with Crippen LogP contribution < -0.4 is 5.73 Å². The Kier molecular flexibility index (Phi) is 2.74. The molecule has 1 aromatic rings. The van der Waals surface area contributed by atoms with Crippen LogP contribution in [0.2, 0.25) is 0 Å². The van der Waals surface area contributed by atoms with Crippen molar-refractivity contribution in [3.63, 3.8) is 0 Å². The highest BCUT2D eigenvalue weighted by atomic mass is 16.4. The molecule has 0 spiro atoms. The van der Waals surface area contributed by atoms with E-state index in [9.17, 15) is 4.79 Å². The third kappa shape index (κ3) is 1.83. The first-order valence-electron chi connectivity index (χ1n) is 5.22. The van der Waals surface area contributed by atoms with Gasteiger partial charge in [0.15, 0.2) is 5.69 Å². The SMILES string of the molecule is CCN1CCc2c(nc(N)nc2C(=O)O)C1. The maximum atomic E-state index is 11.0. The fourth-order valence-corrected chi connectivity index (χ4v) is 1.95. The van der Waals surface area contributed by atoms with Crippen molar-refractivity contribution >= 4 is 11.9 Å². The molecule has 0 aromatic carbocycles. The average molecular weight is 222 g/mol. The quantitative estimate of drug-likeness (QED) is 0.739. The van der Waals surface area contributed by atoms with Crippen LogP contribution in [0.4, 0.5) is 5.95 Å². The van der Waals surface area contributed by atoms with Crippen molar-refractivity contribution in [2.45, 2.75) is 19.9 Å². The highest BCUT2D eigenvalue weighted by Crippen LogP contribution is 2.20. The van der Waals surface area contributed by atoms with Gasteiger partial charge in [-0.25, -0.2) is 14.8 Å². The normalized spacial score (nSPS) is 15.8. The minimum absolute atomic E-state index is 0.0362. The summed E-state index contributed by atoms with van der Waals surface area (Å²) in [6.45, 7) is 4.48. The summed E-state index contributed by atoms with van der Waals surface area (Å²) in [6, 6.07) is 0. The van der Waals surface area contributed by atoms with E-state index in [0.29, 0.717) is 13.0 Å². The first-order chi connectivity index (χ1) is 7.61. The molecule has 0 unspecified atom stereocenters. The van der Waals surface area contributed by atoms with Crippen LogP contribution in [0.1, 0.15) is 28.7 Å². The van der Waals surface area contributed by atoms with Crippen molar-refractivity contribution in [1.29, 1.82) is 0 Å². The van der Waals surface area contributed by atoms with E-state index >= 15 is 0 Å². The summed E-state index contributed by atoms with van der Waals surface area (Å²) in [5.74, 6) is -0.996. The van der Waals surface area contributed by atoms with Gasteiger partial charge in [-0.05, 0) is 13.0 Å². The Balaban J connectivity index is 2.45. The number of anilines is 1. The lowest BCUT2D eigenvalue weighted by Crippen LogP contribution is -2.32. The van der Waals surface area contributed by atoms with E-state index in [1.165, 1.54) is 0 Å². The lowest BCUT2D eigenvalue weighted by molar-refractivity contribution is 0.0687. The van der Waals surface area contributed by atoms with Crippen LogP contribution in [0.15, 0.2) is 0 Å². The standard InChI is InChI=1S/C10H14N4O2/c1-2-14-4-3-6-7(5-14)12-10(11)13-8(6)9(15)16/h2-5H2,1H3,(H,15,16)(H2,11,12,13). The van der Waals surface area contributed by atoms with Gasteiger partial charge >= 0.3 is 5.97 Å². The molecule has 2 heterocycles. The first-order valence-corrected chi connectivity index (χ1v) is 5.22. The zero-order valence-corrected chi connectivity index (χ0v) is 9.10. The maximum Gasteiger partial charge on any atom is 0.354 e. The molecule has 0 aliphatic carbocycles. The Morgan fingerprint density at radius 3 is 2.94 bits per heavy atom. The molecular formula is C10H14N4O2. The Labute approximate surface area is 93.1 Å². The zero-order chi connectivity index (χ0) is 11.7. The van der Waals surface area contributed by atoms with E-state index in [4.69, 9.17) is 10.8 Å². The highest BCUT2D eigenvalue weighted by molar-refractivity contribution is 5.87. The number of fused-ring (bicyclic) bond motifs is 1. The van der Waals surface area contributed by atoms with Gasteiger partial charge in [-0.1, -0.05) is 6.92 Å². The van der Waals surface area contributed by atoms with Gasteiger partial charge in [0.2, 0.25) is 5.95 Å². The van der Waals surface area contributed by atoms with Crippen LogP contribution in [-0.2, 0) is 13.0 Å². The molecule has 6 heteroatoms. The number of likely N-dealkylation sites (N-methyl/N-ethyl adjacent to an activating group) is 1. The number of hydrogen-bond donors (Lipinski definition) is 2. The predicted molar refractivity (Wildman–Crippen MR) is 58.1 cm³/mol. The first kappa shape index (κ1) is 10.8. The van der Waals surface area contributed by atoms with Gasteiger partial charge in [-0.3, -0.25) is 4.90 Å². The molecule has 16 heavy (non-hydrogen) atoms. The monoisotopic (exact) mass is 222 g/mol. The second-order valence-corrected chi connectivity index (χ2v) is 3.78. The number of carboxylic acid groups (broad SMARTS) is 1. The van der Waals surface area contributed by atoms with Gasteiger partial charge in [0.05, 0.1) is 5.69 Å². The number of carboxylic acids is 1. The van der Waals surface area contributed by atoms with Crippen molar-refractivity contribution in [1.82, 2.24) is 14.9 Å². The van der Waals surface area contributed by atoms with Crippen LogP contribution in [0, 0.1) is 0 Å². The molecule has 0 saturated heterocycles. The second-order valence-electron chi connectivity index (χ2n) is 3.78. The number of rotatable bonds is 2. The highest BCUT2D eigenvalue weighted by Gasteiger charge is 2.23. The molecule has 1 aliphatic rings. The van der Waals surface area contributed by atoms with Crippen LogP contribution in [-0.4, -0.2) is 39.0 Å². The van der Waals surface area contributed by atoms with E-state index in [1.54, 1.807) is 0 Å². The van der Waals surface area contributed by atoms with E-state index in [0.717, 1.165) is 24.3 Å². The second kappa shape index (κ2) is 4.05. The molecule has 6 nitrogen and oxygen atoms in total. The molecule has 0 fully saturated rings. The van der Waals surface area contributed by atoms with Gasteiger partial charge in [-0.2, -0.15) is 0 Å². The fraction of sp³-hybridized carbons (Fsp3) is 0.500.